The molecule has 0 N–H and O–H groups in total. The zero-order valence-corrected chi connectivity index (χ0v) is 14.3. The van der Waals surface area contributed by atoms with Gasteiger partial charge >= 0.3 is 0 Å². The molecular formula is C20H20ClFN2. The lowest BCUT2D eigenvalue weighted by atomic mass is 9.88. The minimum Gasteiger partial charge on any atom is -0.323 e. The quantitative estimate of drug-likeness (QED) is 0.577. The molecule has 124 valence electrons. The highest BCUT2D eigenvalue weighted by molar-refractivity contribution is 6.31. The molecule has 0 aliphatic heterocycles. The maximum atomic E-state index is 14.3. The van der Waals surface area contributed by atoms with Gasteiger partial charge in [0, 0.05) is 16.5 Å². The van der Waals surface area contributed by atoms with Gasteiger partial charge < -0.3 is 4.57 Å². The molecule has 1 fully saturated rings. The molecule has 1 aliphatic carbocycles. The normalized spacial score (nSPS) is 15.9. The Morgan fingerprint density at radius 1 is 1.04 bits per heavy atom. The van der Waals surface area contributed by atoms with Crippen LogP contribution in [0.1, 0.15) is 49.4 Å². The molecule has 1 aromatic heterocycles. The Kier molecular flexibility index (Phi) is 4.28. The summed E-state index contributed by atoms with van der Waals surface area (Å²) < 4.78 is 16.5. The molecule has 1 aliphatic rings. The average molecular weight is 343 g/mol. The number of fused-ring (bicyclic) bond motifs is 1. The van der Waals surface area contributed by atoms with Crippen molar-refractivity contribution < 1.29 is 4.39 Å². The Balaban J connectivity index is 1.83. The lowest BCUT2D eigenvalue weighted by Gasteiger charge is -2.22. The molecule has 1 saturated carbocycles. The Labute approximate surface area is 146 Å². The predicted octanol–water partition coefficient (Wildman–Crippen LogP) is 5.92. The summed E-state index contributed by atoms with van der Waals surface area (Å²) in [6.45, 7) is 0.428. The molecule has 1 heterocycles. The summed E-state index contributed by atoms with van der Waals surface area (Å²) >= 11 is 6.26. The van der Waals surface area contributed by atoms with E-state index in [1.165, 1.54) is 25.3 Å². The number of para-hydroxylation sites is 2. The highest BCUT2D eigenvalue weighted by Gasteiger charge is 2.23. The van der Waals surface area contributed by atoms with Gasteiger partial charge in [0.25, 0.3) is 0 Å². The number of nitrogens with zero attached hydrogens (tertiary/aromatic N) is 2. The molecule has 0 unspecified atom stereocenters. The van der Waals surface area contributed by atoms with Crippen LogP contribution in [0.4, 0.5) is 4.39 Å². The van der Waals surface area contributed by atoms with Crippen LogP contribution in [0.5, 0.6) is 0 Å². The Hall–Kier alpha value is -1.87. The van der Waals surface area contributed by atoms with E-state index in [1.807, 2.05) is 18.2 Å². The summed E-state index contributed by atoms with van der Waals surface area (Å²) in [6.07, 6.45) is 6.11. The molecule has 0 radical (unpaired) electrons. The first-order valence-electron chi connectivity index (χ1n) is 8.62. The van der Waals surface area contributed by atoms with Crippen LogP contribution >= 0.6 is 11.6 Å². The molecule has 0 spiro atoms. The lowest BCUT2D eigenvalue weighted by Crippen LogP contribution is -2.13. The third-order valence-corrected chi connectivity index (χ3v) is 5.39. The zero-order valence-electron chi connectivity index (χ0n) is 13.5. The van der Waals surface area contributed by atoms with Gasteiger partial charge in [-0.15, -0.1) is 0 Å². The van der Waals surface area contributed by atoms with Gasteiger partial charge in [-0.25, -0.2) is 9.37 Å². The molecule has 0 saturated heterocycles. The second-order valence-corrected chi connectivity index (χ2v) is 6.99. The van der Waals surface area contributed by atoms with E-state index in [1.54, 1.807) is 12.1 Å². The average Bonchev–Trinajstić information content (AvgIpc) is 2.98. The van der Waals surface area contributed by atoms with Crippen molar-refractivity contribution in [3.05, 3.63) is 64.7 Å². The second kappa shape index (κ2) is 6.56. The number of hydrogen-bond acceptors (Lipinski definition) is 1. The van der Waals surface area contributed by atoms with Gasteiger partial charge in [-0.05, 0) is 37.1 Å². The van der Waals surface area contributed by atoms with E-state index in [0.717, 1.165) is 29.7 Å². The molecule has 3 aromatic rings. The van der Waals surface area contributed by atoms with Gasteiger partial charge in [-0.1, -0.05) is 49.1 Å². The van der Waals surface area contributed by atoms with Crippen molar-refractivity contribution >= 4 is 22.6 Å². The monoisotopic (exact) mass is 342 g/mol. The predicted molar refractivity (Wildman–Crippen MR) is 96.1 cm³/mol. The van der Waals surface area contributed by atoms with Crippen LogP contribution in [0, 0.1) is 5.82 Å². The topological polar surface area (TPSA) is 17.8 Å². The largest absolute Gasteiger partial charge is 0.323 e. The van der Waals surface area contributed by atoms with Gasteiger partial charge in [0.05, 0.1) is 17.6 Å². The summed E-state index contributed by atoms with van der Waals surface area (Å²) in [6, 6.07) is 13.0. The molecule has 24 heavy (non-hydrogen) atoms. The standard InChI is InChI=1S/C20H20ClFN2/c21-16-9-6-10-17(22)15(16)13-24-19-12-5-4-11-18(19)23-20(24)14-7-2-1-3-8-14/h4-6,9-12,14H,1-3,7-8,13H2. The molecule has 2 aromatic carbocycles. The highest BCUT2D eigenvalue weighted by atomic mass is 35.5. The fraction of sp³-hybridized carbons (Fsp3) is 0.350. The molecule has 2 nitrogen and oxygen atoms in total. The molecule has 0 bridgehead atoms. The number of rotatable bonds is 3. The van der Waals surface area contributed by atoms with Gasteiger partial charge in [0.1, 0.15) is 11.6 Å². The first kappa shape index (κ1) is 15.6. The summed E-state index contributed by atoms with van der Waals surface area (Å²) in [5, 5.41) is 0.474. The Morgan fingerprint density at radius 3 is 2.62 bits per heavy atom. The van der Waals surface area contributed by atoms with Crippen molar-refractivity contribution in [3.63, 3.8) is 0 Å². The minimum atomic E-state index is -0.255. The Morgan fingerprint density at radius 2 is 1.83 bits per heavy atom. The van der Waals surface area contributed by atoms with Crippen LogP contribution in [0.3, 0.4) is 0 Å². The van der Waals surface area contributed by atoms with E-state index < -0.39 is 0 Å². The van der Waals surface area contributed by atoms with Crippen molar-refractivity contribution in [1.82, 2.24) is 9.55 Å². The molecule has 4 rings (SSSR count). The van der Waals surface area contributed by atoms with Crippen molar-refractivity contribution in [3.8, 4) is 0 Å². The molecule has 4 heteroatoms. The Bertz CT molecular complexity index is 845. The smallest absolute Gasteiger partial charge is 0.129 e. The van der Waals surface area contributed by atoms with Crippen LogP contribution in [0.2, 0.25) is 5.02 Å². The SMILES string of the molecule is Fc1cccc(Cl)c1Cn1c(C2CCCCC2)nc2ccccc21. The fourth-order valence-corrected chi connectivity index (χ4v) is 4.00. The summed E-state index contributed by atoms with van der Waals surface area (Å²) in [5.41, 5.74) is 2.57. The summed E-state index contributed by atoms with van der Waals surface area (Å²) in [4.78, 5) is 4.89. The first-order valence-corrected chi connectivity index (χ1v) is 9.00. The van der Waals surface area contributed by atoms with Crippen molar-refractivity contribution in [1.29, 1.82) is 0 Å². The highest BCUT2D eigenvalue weighted by Crippen LogP contribution is 2.35. The van der Waals surface area contributed by atoms with E-state index in [9.17, 15) is 4.39 Å². The maximum absolute atomic E-state index is 14.3. The van der Waals surface area contributed by atoms with Gasteiger partial charge in [-0.2, -0.15) is 0 Å². The van der Waals surface area contributed by atoms with Gasteiger partial charge in [-0.3, -0.25) is 0 Å². The fourth-order valence-electron chi connectivity index (χ4n) is 3.77. The summed E-state index contributed by atoms with van der Waals surface area (Å²) in [5.74, 6) is 1.28. The van der Waals surface area contributed by atoms with E-state index in [4.69, 9.17) is 16.6 Å². The van der Waals surface area contributed by atoms with Gasteiger partial charge in [0.15, 0.2) is 0 Å². The third-order valence-electron chi connectivity index (χ3n) is 5.03. The van der Waals surface area contributed by atoms with Crippen LogP contribution < -0.4 is 0 Å². The number of halogens is 2. The molecule has 0 amide bonds. The first-order chi connectivity index (χ1) is 11.7. The van der Waals surface area contributed by atoms with E-state index in [-0.39, 0.29) is 5.82 Å². The number of benzene rings is 2. The van der Waals surface area contributed by atoms with Crippen LogP contribution in [0.25, 0.3) is 11.0 Å². The van der Waals surface area contributed by atoms with Crippen molar-refractivity contribution in [2.75, 3.05) is 0 Å². The third kappa shape index (κ3) is 2.82. The van der Waals surface area contributed by atoms with Crippen molar-refractivity contribution in [2.45, 2.75) is 44.6 Å². The van der Waals surface area contributed by atoms with Crippen LogP contribution in [-0.4, -0.2) is 9.55 Å². The van der Waals surface area contributed by atoms with Crippen LogP contribution in [-0.2, 0) is 6.54 Å². The summed E-state index contributed by atoms with van der Waals surface area (Å²) in [7, 11) is 0. The zero-order chi connectivity index (χ0) is 16.5. The number of hydrogen-bond donors (Lipinski definition) is 0. The minimum absolute atomic E-state index is 0.255. The van der Waals surface area contributed by atoms with Crippen LogP contribution in [0.15, 0.2) is 42.5 Å². The van der Waals surface area contributed by atoms with E-state index >= 15 is 0 Å². The molecule has 0 atom stereocenters. The number of imidazole rings is 1. The van der Waals surface area contributed by atoms with Gasteiger partial charge in [0.2, 0.25) is 0 Å². The maximum Gasteiger partial charge on any atom is 0.129 e. The second-order valence-electron chi connectivity index (χ2n) is 6.58. The lowest BCUT2D eigenvalue weighted by molar-refractivity contribution is 0.419. The van der Waals surface area contributed by atoms with E-state index in [0.29, 0.717) is 23.0 Å². The van der Waals surface area contributed by atoms with E-state index in [2.05, 4.69) is 10.6 Å². The van der Waals surface area contributed by atoms with Crippen molar-refractivity contribution in [2.24, 2.45) is 0 Å². The number of aromatic nitrogens is 2. The molecular weight excluding hydrogens is 323 g/mol.